The van der Waals surface area contributed by atoms with Gasteiger partial charge in [0.2, 0.25) is 15.9 Å². The van der Waals surface area contributed by atoms with Crippen LogP contribution in [0.5, 0.6) is 0 Å². The summed E-state index contributed by atoms with van der Waals surface area (Å²) in [5.74, 6) is -0.849. The van der Waals surface area contributed by atoms with Gasteiger partial charge in [0, 0.05) is 5.02 Å². The van der Waals surface area contributed by atoms with E-state index in [1.807, 2.05) is 0 Å². The molecule has 5 nitrogen and oxygen atoms in total. The summed E-state index contributed by atoms with van der Waals surface area (Å²) in [7, 11) is -3.69. The van der Waals surface area contributed by atoms with Gasteiger partial charge in [0.1, 0.15) is 12.4 Å². The molecule has 0 aromatic heterocycles. The number of rotatable bonds is 6. The highest BCUT2D eigenvalue weighted by atomic mass is 35.5. The number of sulfonamides is 1. The lowest BCUT2D eigenvalue weighted by molar-refractivity contribution is -0.120. The number of amides is 1. The molecule has 0 saturated carbocycles. The predicted octanol–water partition coefficient (Wildman–Crippen LogP) is 3.43. The van der Waals surface area contributed by atoms with Crippen LogP contribution in [0.2, 0.25) is 5.02 Å². The van der Waals surface area contributed by atoms with E-state index in [2.05, 4.69) is 5.32 Å². The average Bonchev–Trinajstić information content (AvgIpc) is 2.54. The molecule has 2 aromatic carbocycles. The molecule has 2 rings (SSSR count). The molecule has 0 saturated heterocycles. The standard InChI is InChI=1S/C18H20ClFN2O3S/c1-12-4-7-15(19)10-17(12)22(26(3,24)25)11-18(23)21-13(2)14-5-8-16(20)9-6-14/h4-10,13H,11H2,1-3H3,(H,21,23). The number of nitrogens with zero attached hydrogens (tertiary/aromatic N) is 1. The van der Waals surface area contributed by atoms with Gasteiger partial charge in [-0.05, 0) is 49.2 Å². The van der Waals surface area contributed by atoms with Crippen molar-refractivity contribution in [2.45, 2.75) is 19.9 Å². The number of hydrogen-bond acceptors (Lipinski definition) is 3. The van der Waals surface area contributed by atoms with E-state index in [0.29, 0.717) is 21.8 Å². The fourth-order valence-electron chi connectivity index (χ4n) is 2.48. The lowest BCUT2D eigenvalue weighted by Gasteiger charge is -2.25. The molecule has 1 N–H and O–H groups in total. The average molecular weight is 399 g/mol. The third-order valence-electron chi connectivity index (χ3n) is 3.87. The summed E-state index contributed by atoms with van der Waals surface area (Å²) >= 11 is 5.97. The smallest absolute Gasteiger partial charge is 0.241 e. The number of halogens is 2. The fourth-order valence-corrected chi connectivity index (χ4v) is 3.56. The van der Waals surface area contributed by atoms with Crippen LogP contribution >= 0.6 is 11.6 Å². The molecule has 0 aliphatic heterocycles. The van der Waals surface area contributed by atoms with Crippen molar-refractivity contribution in [3.8, 4) is 0 Å². The third-order valence-corrected chi connectivity index (χ3v) is 5.24. The van der Waals surface area contributed by atoms with E-state index in [-0.39, 0.29) is 12.4 Å². The summed E-state index contributed by atoms with van der Waals surface area (Å²) in [5.41, 5.74) is 1.74. The number of benzene rings is 2. The van der Waals surface area contributed by atoms with Gasteiger partial charge >= 0.3 is 0 Å². The van der Waals surface area contributed by atoms with Gasteiger partial charge in [0.05, 0.1) is 18.0 Å². The molecule has 0 aliphatic carbocycles. The molecule has 140 valence electrons. The Bertz CT molecular complexity index is 901. The molecular formula is C18H20ClFN2O3S. The molecular weight excluding hydrogens is 379 g/mol. The first-order chi connectivity index (χ1) is 12.1. The van der Waals surface area contributed by atoms with E-state index in [1.54, 1.807) is 38.1 Å². The number of carbonyl (C=O) groups excluding carboxylic acids is 1. The molecule has 1 amide bonds. The minimum absolute atomic E-state index is 0.351. The van der Waals surface area contributed by atoms with Crippen molar-refractivity contribution in [1.82, 2.24) is 5.32 Å². The van der Waals surface area contributed by atoms with E-state index in [4.69, 9.17) is 11.6 Å². The molecule has 0 bridgehead atoms. The normalized spacial score (nSPS) is 12.5. The van der Waals surface area contributed by atoms with Crippen molar-refractivity contribution in [3.63, 3.8) is 0 Å². The van der Waals surface area contributed by atoms with Gasteiger partial charge in [-0.2, -0.15) is 0 Å². The van der Waals surface area contributed by atoms with Gasteiger partial charge < -0.3 is 5.32 Å². The first kappa shape index (κ1) is 20.2. The first-order valence-electron chi connectivity index (χ1n) is 7.86. The number of nitrogens with one attached hydrogen (secondary N) is 1. The Morgan fingerprint density at radius 3 is 2.42 bits per heavy atom. The van der Waals surface area contributed by atoms with Gasteiger partial charge in [0.25, 0.3) is 0 Å². The summed E-state index contributed by atoms with van der Waals surface area (Å²) < 4.78 is 38.4. The number of anilines is 1. The maximum Gasteiger partial charge on any atom is 0.241 e. The van der Waals surface area contributed by atoms with E-state index in [0.717, 1.165) is 10.6 Å². The highest BCUT2D eigenvalue weighted by Gasteiger charge is 2.23. The van der Waals surface area contributed by atoms with Crippen molar-refractivity contribution < 1.29 is 17.6 Å². The van der Waals surface area contributed by atoms with Crippen LogP contribution in [0.4, 0.5) is 10.1 Å². The highest BCUT2D eigenvalue weighted by molar-refractivity contribution is 7.92. The van der Waals surface area contributed by atoms with E-state index >= 15 is 0 Å². The summed E-state index contributed by atoms with van der Waals surface area (Å²) in [5, 5.41) is 3.10. The van der Waals surface area contributed by atoms with Gasteiger partial charge in [-0.25, -0.2) is 12.8 Å². The van der Waals surface area contributed by atoms with Gasteiger partial charge in [-0.15, -0.1) is 0 Å². The van der Waals surface area contributed by atoms with Crippen molar-refractivity contribution in [3.05, 3.63) is 64.4 Å². The zero-order chi connectivity index (χ0) is 19.5. The van der Waals surface area contributed by atoms with E-state index in [1.165, 1.54) is 18.2 Å². The maximum atomic E-state index is 13.0. The van der Waals surface area contributed by atoms with Crippen LogP contribution in [0.1, 0.15) is 24.1 Å². The van der Waals surface area contributed by atoms with Gasteiger partial charge in [-0.1, -0.05) is 29.8 Å². The zero-order valence-electron chi connectivity index (χ0n) is 14.7. The molecule has 0 fully saturated rings. The van der Waals surface area contributed by atoms with E-state index < -0.39 is 22.0 Å². The molecule has 1 unspecified atom stereocenters. The SMILES string of the molecule is Cc1ccc(Cl)cc1N(CC(=O)NC(C)c1ccc(F)cc1)S(C)(=O)=O. The lowest BCUT2D eigenvalue weighted by Crippen LogP contribution is -2.41. The van der Waals surface area contributed by atoms with Crippen molar-refractivity contribution >= 4 is 33.2 Å². The maximum absolute atomic E-state index is 13.0. The Morgan fingerprint density at radius 2 is 1.85 bits per heavy atom. The third kappa shape index (κ3) is 5.19. The summed E-state index contributed by atoms with van der Waals surface area (Å²) in [6.07, 6.45) is 1.03. The molecule has 0 spiro atoms. The topological polar surface area (TPSA) is 66.5 Å². The second-order valence-electron chi connectivity index (χ2n) is 6.04. The van der Waals surface area contributed by atoms with Crippen molar-refractivity contribution in [1.29, 1.82) is 0 Å². The second kappa shape index (κ2) is 8.05. The summed E-state index contributed by atoms with van der Waals surface area (Å²) in [4.78, 5) is 12.4. The monoisotopic (exact) mass is 398 g/mol. The number of carbonyl (C=O) groups is 1. The molecule has 2 aromatic rings. The minimum Gasteiger partial charge on any atom is -0.348 e. The zero-order valence-corrected chi connectivity index (χ0v) is 16.2. The second-order valence-corrected chi connectivity index (χ2v) is 8.38. The number of hydrogen-bond donors (Lipinski definition) is 1. The Kier molecular flexibility index (Phi) is 6.26. The van der Waals surface area contributed by atoms with Gasteiger partial charge in [0.15, 0.2) is 0 Å². The summed E-state index contributed by atoms with van der Waals surface area (Å²) in [6.45, 7) is 3.09. The molecule has 1 atom stereocenters. The Balaban J connectivity index is 2.19. The first-order valence-corrected chi connectivity index (χ1v) is 10.1. The predicted molar refractivity (Wildman–Crippen MR) is 101 cm³/mol. The molecule has 8 heteroatoms. The van der Waals surface area contributed by atoms with Gasteiger partial charge in [-0.3, -0.25) is 9.10 Å². The molecule has 26 heavy (non-hydrogen) atoms. The Hall–Kier alpha value is -2.12. The van der Waals surface area contributed by atoms with Crippen LogP contribution in [0.3, 0.4) is 0 Å². The number of aryl methyl sites for hydroxylation is 1. The summed E-state index contributed by atoms with van der Waals surface area (Å²) in [6, 6.07) is 10.2. The van der Waals surface area contributed by atoms with Crippen LogP contribution in [0.15, 0.2) is 42.5 Å². The Morgan fingerprint density at radius 1 is 1.23 bits per heavy atom. The Labute approximate surface area is 157 Å². The highest BCUT2D eigenvalue weighted by Crippen LogP contribution is 2.26. The lowest BCUT2D eigenvalue weighted by atomic mass is 10.1. The van der Waals surface area contributed by atoms with Crippen molar-refractivity contribution in [2.24, 2.45) is 0 Å². The van der Waals surface area contributed by atoms with Crippen LogP contribution in [0.25, 0.3) is 0 Å². The van der Waals surface area contributed by atoms with Crippen molar-refractivity contribution in [2.75, 3.05) is 17.1 Å². The fraction of sp³-hybridized carbons (Fsp3) is 0.278. The minimum atomic E-state index is -3.69. The van der Waals surface area contributed by atoms with E-state index in [9.17, 15) is 17.6 Å². The van der Waals surface area contributed by atoms with Crippen LogP contribution in [-0.4, -0.2) is 27.1 Å². The van der Waals surface area contributed by atoms with Crippen LogP contribution in [-0.2, 0) is 14.8 Å². The van der Waals surface area contributed by atoms with Crippen LogP contribution in [0, 0.1) is 12.7 Å². The molecule has 0 aliphatic rings. The quantitative estimate of drug-likeness (QED) is 0.810. The molecule has 0 radical (unpaired) electrons. The van der Waals surface area contributed by atoms with Crippen LogP contribution < -0.4 is 9.62 Å². The molecule has 0 heterocycles. The largest absolute Gasteiger partial charge is 0.348 e.